The van der Waals surface area contributed by atoms with Crippen LogP contribution in [0.3, 0.4) is 0 Å². The van der Waals surface area contributed by atoms with Gasteiger partial charge >= 0.3 is 0 Å². The molecule has 1 N–H and O–H groups in total. The van der Waals surface area contributed by atoms with Crippen LogP contribution in [0.25, 0.3) is 6.08 Å². The van der Waals surface area contributed by atoms with E-state index in [0.717, 1.165) is 29.9 Å². The van der Waals surface area contributed by atoms with Crippen LogP contribution in [-0.4, -0.2) is 30.0 Å². The fourth-order valence-corrected chi connectivity index (χ4v) is 4.34. The zero-order valence-electron chi connectivity index (χ0n) is 16.2. The molecule has 2 aromatic carbocycles. The Balaban J connectivity index is 1.70. The molecule has 8 heteroatoms. The minimum atomic E-state index is -0.545. The number of halogens is 2. The SMILES string of the molecule is Cc1cc(N2CCCC2)ccc1/C=C1\C(=O)NC(=S)N(c2cccc(Cl)c2Cl)C1=O. The number of nitrogens with zero attached hydrogens (tertiary/aromatic N) is 2. The summed E-state index contributed by atoms with van der Waals surface area (Å²) in [6.07, 6.45) is 3.98. The van der Waals surface area contributed by atoms with E-state index < -0.39 is 11.8 Å². The van der Waals surface area contributed by atoms with E-state index in [1.165, 1.54) is 17.7 Å². The van der Waals surface area contributed by atoms with Crippen molar-refractivity contribution < 1.29 is 9.59 Å². The molecule has 0 unspecified atom stereocenters. The van der Waals surface area contributed by atoms with E-state index in [1.54, 1.807) is 24.3 Å². The van der Waals surface area contributed by atoms with E-state index in [-0.39, 0.29) is 15.7 Å². The van der Waals surface area contributed by atoms with E-state index in [4.69, 9.17) is 35.4 Å². The molecule has 0 aliphatic carbocycles. The third-order valence-corrected chi connectivity index (χ3v) is 6.39. The Bertz CT molecular complexity index is 1090. The number of amides is 2. The molecular formula is C22H19Cl2N3O2S. The number of hydrogen-bond acceptors (Lipinski definition) is 4. The lowest BCUT2D eigenvalue weighted by molar-refractivity contribution is -0.122. The highest BCUT2D eigenvalue weighted by Crippen LogP contribution is 2.34. The molecule has 0 atom stereocenters. The lowest BCUT2D eigenvalue weighted by atomic mass is 10.0. The Hall–Kier alpha value is -2.41. The van der Waals surface area contributed by atoms with Gasteiger partial charge in [-0.05, 0) is 73.5 Å². The number of carbonyl (C=O) groups is 2. The molecule has 2 heterocycles. The third kappa shape index (κ3) is 3.83. The van der Waals surface area contributed by atoms with Crippen LogP contribution in [0, 0.1) is 6.92 Å². The fourth-order valence-electron chi connectivity index (χ4n) is 3.69. The predicted octanol–water partition coefficient (Wildman–Crippen LogP) is 4.73. The van der Waals surface area contributed by atoms with Crippen LogP contribution in [0.15, 0.2) is 42.0 Å². The van der Waals surface area contributed by atoms with Crippen molar-refractivity contribution in [2.75, 3.05) is 22.9 Å². The second kappa shape index (κ2) is 8.38. The predicted molar refractivity (Wildman–Crippen MR) is 125 cm³/mol. The zero-order chi connectivity index (χ0) is 21.4. The molecule has 0 spiro atoms. The van der Waals surface area contributed by atoms with Gasteiger partial charge in [-0.15, -0.1) is 0 Å². The average Bonchev–Trinajstić information content (AvgIpc) is 3.24. The number of rotatable bonds is 3. The van der Waals surface area contributed by atoms with E-state index in [9.17, 15) is 9.59 Å². The summed E-state index contributed by atoms with van der Waals surface area (Å²) in [5.41, 5.74) is 3.23. The number of benzene rings is 2. The van der Waals surface area contributed by atoms with Crippen LogP contribution < -0.4 is 15.1 Å². The van der Waals surface area contributed by atoms with Gasteiger partial charge in [0.15, 0.2) is 5.11 Å². The maximum absolute atomic E-state index is 13.2. The normalized spacial score (nSPS) is 18.4. The highest BCUT2D eigenvalue weighted by atomic mass is 35.5. The first-order valence-electron chi connectivity index (χ1n) is 9.58. The van der Waals surface area contributed by atoms with Crippen molar-refractivity contribution in [2.45, 2.75) is 19.8 Å². The Kier molecular flexibility index (Phi) is 5.82. The van der Waals surface area contributed by atoms with E-state index in [1.807, 2.05) is 19.1 Å². The number of carbonyl (C=O) groups excluding carboxylic acids is 2. The molecule has 2 amide bonds. The Labute approximate surface area is 190 Å². The number of hydrogen-bond donors (Lipinski definition) is 1. The summed E-state index contributed by atoms with van der Waals surface area (Å²) in [5, 5.41) is 3.02. The van der Waals surface area contributed by atoms with Crippen molar-refractivity contribution in [1.82, 2.24) is 5.32 Å². The molecule has 2 aliphatic rings. The maximum atomic E-state index is 13.2. The van der Waals surface area contributed by atoms with Crippen LogP contribution in [-0.2, 0) is 9.59 Å². The molecule has 0 radical (unpaired) electrons. The minimum absolute atomic E-state index is 0.0170. The van der Waals surface area contributed by atoms with Gasteiger partial charge in [-0.2, -0.15) is 0 Å². The summed E-state index contributed by atoms with van der Waals surface area (Å²) in [4.78, 5) is 29.3. The molecule has 154 valence electrons. The highest BCUT2D eigenvalue weighted by molar-refractivity contribution is 7.80. The number of nitrogens with one attached hydrogen (secondary N) is 1. The van der Waals surface area contributed by atoms with Gasteiger partial charge in [0.1, 0.15) is 5.57 Å². The lowest BCUT2D eigenvalue weighted by Gasteiger charge is -2.29. The smallest absolute Gasteiger partial charge is 0.270 e. The van der Waals surface area contributed by atoms with Gasteiger partial charge in [0.25, 0.3) is 11.8 Å². The molecule has 30 heavy (non-hydrogen) atoms. The average molecular weight is 460 g/mol. The molecular weight excluding hydrogens is 441 g/mol. The summed E-state index contributed by atoms with van der Waals surface area (Å²) in [5.74, 6) is -1.08. The van der Waals surface area contributed by atoms with Crippen molar-refractivity contribution in [3.05, 3.63) is 63.1 Å². The first-order valence-corrected chi connectivity index (χ1v) is 10.7. The first kappa shape index (κ1) is 20.8. The largest absolute Gasteiger partial charge is 0.372 e. The molecule has 5 nitrogen and oxygen atoms in total. The molecule has 4 rings (SSSR count). The van der Waals surface area contributed by atoms with Gasteiger partial charge in [-0.1, -0.05) is 35.3 Å². The van der Waals surface area contributed by atoms with Gasteiger partial charge in [0.2, 0.25) is 0 Å². The monoisotopic (exact) mass is 459 g/mol. The fraction of sp³-hybridized carbons (Fsp3) is 0.227. The van der Waals surface area contributed by atoms with Crippen LogP contribution >= 0.6 is 35.4 Å². The molecule has 0 aromatic heterocycles. The van der Waals surface area contributed by atoms with Gasteiger partial charge in [-0.25, -0.2) is 0 Å². The Morgan fingerprint density at radius 2 is 1.83 bits per heavy atom. The van der Waals surface area contributed by atoms with Crippen LogP contribution in [0.2, 0.25) is 10.0 Å². The van der Waals surface area contributed by atoms with Crippen molar-refractivity contribution in [3.8, 4) is 0 Å². The van der Waals surface area contributed by atoms with Gasteiger partial charge in [0, 0.05) is 18.8 Å². The van der Waals surface area contributed by atoms with Crippen molar-refractivity contribution in [3.63, 3.8) is 0 Å². The Morgan fingerprint density at radius 1 is 1.10 bits per heavy atom. The van der Waals surface area contributed by atoms with Crippen molar-refractivity contribution in [1.29, 1.82) is 0 Å². The van der Waals surface area contributed by atoms with E-state index in [0.29, 0.717) is 10.7 Å². The number of anilines is 2. The second-order valence-electron chi connectivity index (χ2n) is 7.27. The highest BCUT2D eigenvalue weighted by Gasteiger charge is 2.35. The van der Waals surface area contributed by atoms with Crippen molar-refractivity contribution >= 4 is 69.8 Å². The molecule has 2 aromatic rings. The van der Waals surface area contributed by atoms with Crippen molar-refractivity contribution in [2.24, 2.45) is 0 Å². The summed E-state index contributed by atoms with van der Waals surface area (Å²) in [7, 11) is 0. The standard InChI is InChI=1S/C22H19Cl2N3O2S/c1-13-11-15(26-9-2-3-10-26)8-7-14(13)12-16-20(28)25-22(30)27(21(16)29)18-6-4-5-17(23)19(18)24/h4-8,11-12H,2-3,9-10H2,1H3,(H,25,28,30)/b16-12+. The molecule has 2 aliphatic heterocycles. The maximum Gasteiger partial charge on any atom is 0.270 e. The van der Waals surface area contributed by atoms with Crippen LogP contribution in [0.5, 0.6) is 0 Å². The quantitative estimate of drug-likeness (QED) is 0.409. The summed E-state index contributed by atoms with van der Waals surface area (Å²) >= 11 is 17.6. The molecule has 0 bridgehead atoms. The van der Waals surface area contributed by atoms with Gasteiger partial charge in [0.05, 0.1) is 15.7 Å². The summed E-state index contributed by atoms with van der Waals surface area (Å²) in [6, 6.07) is 10.9. The van der Waals surface area contributed by atoms with Gasteiger partial charge < -0.3 is 4.90 Å². The van der Waals surface area contributed by atoms with Crippen LogP contribution in [0.1, 0.15) is 24.0 Å². The third-order valence-electron chi connectivity index (χ3n) is 5.30. The Morgan fingerprint density at radius 3 is 2.53 bits per heavy atom. The van der Waals surface area contributed by atoms with E-state index >= 15 is 0 Å². The topological polar surface area (TPSA) is 52.7 Å². The lowest BCUT2D eigenvalue weighted by Crippen LogP contribution is -2.54. The molecule has 2 fully saturated rings. The first-order chi connectivity index (χ1) is 14.4. The van der Waals surface area contributed by atoms with Crippen LogP contribution in [0.4, 0.5) is 11.4 Å². The summed E-state index contributed by atoms with van der Waals surface area (Å²) < 4.78 is 0. The minimum Gasteiger partial charge on any atom is -0.372 e. The number of thiocarbonyl (C=S) groups is 1. The zero-order valence-corrected chi connectivity index (χ0v) is 18.6. The number of aryl methyl sites for hydroxylation is 1. The second-order valence-corrected chi connectivity index (χ2v) is 8.44. The molecule has 2 saturated heterocycles. The summed E-state index contributed by atoms with van der Waals surface area (Å²) in [6.45, 7) is 4.06. The van der Waals surface area contributed by atoms with Gasteiger partial charge in [-0.3, -0.25) is 19.8 Å². The van der Waals surface area contributed by atoms with E-state index in [2.05, 4.69) is 16.3 Å². The molecule has 0 saturated carbocycles.